The highest BCUT2D eigenvalue weighted by Gasteiger charge is 2.21. The first-order valence-electron chi connectivity index (χ1n) is 11.6. The van der Waals surface area contributed by atoms with Crippen molar-refractivity contribution in [2.24, 2.45) is 0 Å². The SMILES string of the molecule is CC(C)N1CCC(Oc2ccc(-c3ccc(C(=O)NCc4ccc(F)cc4)cc3)cc2)CC1. The number of benzene rings is 3. The van der Waals surface area contributed by atoms with Gasteiger partial charge in [0, 0.05) is 31.2 Å². The molecule has 3 aromatic carbocycles. The van der Waals surface area contributed by atoms with Gasteiger partial charge in [-0.25, -0.2) is 4.39 Å². The van der Waals surface area contributed by atoms with E-state index in [-0.39, 0.29) is 17.8 Å². The van der Waals surface area contributed by atoms with Crippen LogP contribution in [0.1, 0.15) is 42.6 Å². The normalized spacial score (nSPS) is 14.9. The number of amides is 1. The number of hydrogen-bond acceptors (Lipinski definition) is 3. The highest BCUT2D eigenvalue weighted by atomic mass is 19.1. The smallest absolute Gasteiger partial charge is 0.251 e. The van der Waals surface area contributed by atoms with Crippen LogP contribution in [0.15, 0.2) is 72.8 Å². The van der Waals surface area contributed by atoms with Gasteiger partial charge in [-0.1, -0.05) is 36.4 Å². The Morgan fingerprint density at radius 2 is 1.52 bits per heavy atom. The maximum absolute atomic E-state index is 13.0. The Balaban J connectivity index is 1.30. The summed E-state index contributed by atoms with van der Waals surface area (Å²) >= 11 is 0. The summed E-state index contributed by atoms with van der Waals surface area (Å²) in [7, 11) is 0. The molecule has 1 saturated heterocycles. The maximum atomic E-state index is 13.0. The quantitative estimate of drug-likeness (QED) is 0.508. The largest absolute Gasteiger partial charge is 0.490 e. The van der Waals surface area contributed by atoms with Crippen molar-refractivity contribution in [3.63, 3.8) is 0 Å². The predicted octanol–water partition coefficient (Wildman–Crippen LogP) is 5.67. The fraction of sp³-hybridized carbons (Fsp3) is 0.321. The molecule has 0 spiro atoms. The number of nitrogens with zero attached hydrogens (tertiary/aromatic N) is 1. The molecule has 172 valence electrons. The summed E-state index contributed by atoms with van der Waals surface area (Å²) in [6.07, 6.45) is 2.40. The standard InChI is InChI=1S/C28H31FN2O2/c1-20(2)31-17-15-27(16-18-31)33-26-13-9-23(10-14-26)22-5-7-24(8-6-22)28(32)30-19-21-3-11-25(29)12-4-21/h3-14,20,27H,15-19H2,1-2H3,(H,30,32). The predicted molar refractivity (Wildman–Crippen MR) is 130 cm³/mol. The zero-order chi connectivity index (χ0) is 23.2. The van der Waals surface area contributed by atoms with E-state index in [2.05, 4.69) is 36.2 Å². The Morgan fingerprint density at radius 1 is 0.939 bits per heavy atom. The highest BCUT2D eigenvalue weighted by molar-refractivity contribution is 5.94. The van der Waals surface area contributed by atoms with Crippen molar-refractivity contribution < 1.29 is 13.9 Å². The summed E-state index contributed by atoms with van der Waals surface area (Å²) in [4.78, 5) is 14.9. The molecular formula is C28H31FN2O2. The summed E-state index contributed by atoms with van der Waals surface area (Å²) in [6, 6.07) is 22.4. The minimum Gasteiger partial charge on any atom is -0.490 e. The lowest BCUT2D eigenvalue weighted by atomic mass is 10.0. The van der Waals surface area contributed by atoms with Crippen molar-refractivity contribution >= 4 is 5.91 Å². The third kappa shape index (κ3) is 6.20. The van der Waals surface area contributed by atoms with Crippen LogP contribution in [-0.4, -0.2) is 36.0 Å². The molecule has 4 rings (SSSR count). The summed E-state index contributed by atoms with van der Waals surface area (Å²) < 4.78 is 19.2. The van der Waals surface area contributed by atoms with Crippen molar-refractivity contribution in [2.45, 2.75) is 45.4 Å². The average molecular weight is 447 g/mol. The number of piperidine rings is 1. The van der Waals surface area contributed by atoms with Crippen LogP contribution < -0.4 is 10.1 Å². The number of halogens is 1. The lowest BCUT2D eigenvalue weighted by Crippen LogP contribution is -2.41. The second-order valence-electron chi connectivity index (χ2n) is 8.86. The molecule has 1 heterocycles. The van der Waals surface area contributed by atoms with E-state index in [1.54, 1.807) is 12.1 Å². The number of nitrogens with one attached hydrogen (secondary N) is 1. The molecule has 1 N–H and O–H groups in total. The van der Waals surface area contributed by atoms with E-state index in [1.807, 2.05) is 36.4 Å². The molecule has 3 aromatic rings. The van der Waals surface area contributed by atoms with Crippen LogP contribution in [0, 0.1) is 5.82 Å². The van der Waals surface area contributed by atoms with Gasteiger partial charge in [0.2, 0.25) is 0 Å². The van der Waals surface area contributed by atoms with Gasteiger partial charge in [-0.05, 0) is 79.8 Å². The summed E-state index contributed by atoms with van der Waals surface area (Å²) in [5, 5.41) is 2.87. The molecule has 1 amide bonds. The van der Waals surface area contributed by atoms with Crippen LogP contribution in [0.4, 0.5) is 4.39 Å². The Hall–Kier alpha value is -3.18. The number of carbonyl (C=O) groups excluding carboxylic acids is 1. The Bertz CT molecular complexity index is 1040. The molecule has 0 unspecified atom stereocenters. The molecule has 5 heteroatoms. The maximum Gasteiger partial charge on any atom is 0.251 e. The van der Waals surface area contributed by atoms with Gasteiger partial charge in [0.25, 0.3) is 5.91 Å². The second-order valence-corrected chi connectivity index (χ2v) is 8.86. The molecular weight excluding hydrogens is 415 g/mol. The molecule has 0 saturated carbocycles. The van der Waals surface area contributed by atoms with Gasteiger partial charge in [0.15, 0.2) is 0 Å². The number of rotatable bonds is 7. The van der Waals surface area contributed by atoms with Gasteiger partial charge in [-0.2, -0.15) is 0 Å². The third-order valence-corrected chi connectivity index (χ3v) is 6.21. The van der Waals surface area contributed by atoms with Gasteiger partial charge >= 0.3 is 0 Å². The molecule has 0 bridgehead atoms. The van der Waals surface area contributed by atoms with Crippen molar-refractivity contribution in [1.82, 2.24) is 10.2 Å². The zero-order valence-electron chi connectivity index (χ0n) is 19.3. The molecule has 1 fully saturated rings. The monoisotopic (exact) mass is 446 g/mol. The molecule has 1 aliphatic rings. The van der Waals surface area contributed by atoms with E-state index in [1.165, 1.54) is 12.1 Å². The van der Waals surface area contributed by atoms with Crippen molar-refractivity contribution in [3.05, 3.63) is 89.7 Å². The average Bonchev–Trinajstić information content (AvgIpc) is 2.84. The van der Waals surface area contributed by atoms with E-state index in [9.17, 15) is 9.18 Å². The Kier molecular flexibility index (Phi) is 7.40. The fourth-order valence-corrected chi connectivity index (χ4v) is 4.13. The van der Waals surface area contributed by atoms with Gasteiger partial charge in [-0.3, -0.25) is 4.79 Å². The van der Waals surface area contributed by atoms with E-state index in [0.29, 0.717) is 18.2 Å². The molecule has 1 aliphatic heterocycles. The van der Waals surface area contributed by atoms with Gasteiger partial charge in [0.05, 0.1) is 0 Å². The number of carbonyl (C=O) groups is 1. The molecule has 0 atom stereocenters. The summed E-state index contributed by atoms with van der Waals surface area (Å²) in [5.74, 6) is 0.462. The van der Waals surface area contributed by atoms with Crippen LogP contribution in [0.3, 0.4) is 0 Å². The van der Waals surface area contributed by atoms with Crippen LogP contribution in [0.2, 0.25) is 0 Å². The highest BCUT2D eigenvalue weighted by Crippen LogP contribution is 2.25. The first-order chi connectivity index (χ1) is 16.0. The summed E-state index contributed by atoms with van der Waals surface area (Å²) in [6.45, 7) is 7.02. The first-order valence-corrected chi connectivity index (χ1v) is 11.6. The first kappa shape index (κ1) is 23.0. The molecule has 33 heavy (non-hydrogen) atoms. The minimum absolute atomic E-state index is 0.155. The fourth-order valence-electron chi connectivity index (χ4n) is 4.13. The van der Waals surface area contributed by atoms with Crippen molar-refractivity contribution in [2.75, 3.05) is 13.1 Å². The van der Waals surface area contributed by atoms with Crippen LogP contribution >= 0.6 is 0 Å². The number of ether oxygens (including phenoxy) is 1. The minimum atomic E-state index is -0.285. The van der Waals surface area contributed by atoms with Crippen molar-refractivity contribution in [3.8, 4) is 16.9 Å². The van der Waals surface area contributed by atoms with Gasteiger partial charge < -0.3 is 15.0 Å². The second kappa shape index (κ2) is 10.6. The van der Waals surface area contributed by atoms with Crippen LogP contribution in [0.25, 0.3) is 11.1 Å². The van der Waals surface area contributed by atoms with E-state index in [0.717, 1.165) is 48.4 Å². The molecule has 0 aliphatic carbocycles. The lowest BCUT2D eigenvalue weighted by molar-refractivity contribution is 0.0843. The number of hydrogen-bond donors (Lipinski definition) is 1. The van der Waals surface area contributed by atoms with Gasteiger partial charge in [-0.15, -0.1) is 0 Å². The molecule has 0 aromatic heterocycles. The topological polar surface area (TPSA) is 41.6 Å². The van der Waals surface area contributed by atoms with Gasteiger partial charge in [0.1, 0.15) is 17.7 Å². The summed E-state index contributed by atoms with van der Waals surface area (Å²) in [5.41, 5.74) is 3.57. The number of likely N-dealkylation sites (tertiary alicyclic amines) is 1. The van der Waals surface area contributed by atoms with Crippen molar-refractivity contribution in [1.29, 1.82) is 0 Å². The lowest BCUT2D eigenvalue weighted by Gasteiger charge is -2.34. The van der Waals surface area contributed by atoms with Crippen LogP contribution in [0.5, 0.6) is 5.75 Å². The molecule has 4 nitrogen and oxygen atoms in total. The third-order valence-electron chi connectivity index (χ3n) is 6.21. The molecule has 0 radical (unpaired) electrons. The van der Waals surface area contributed by atoms with E-state index >= 15 is 0 Å². The van der Waals surface area contributed by atoms with Crippen LogP contribution in [-0.2, 0) is 6.54 Å². The Labute approximate surface area is 195 Å². The van der Waals surface area contributed by atoms with E-state index in [4.69, 9.17) is 4.74 Å². The zero-order valence-corrected chi connectivity index (χ0v) is 19.3. The van der Waals surface area contributed by atoms with E-state index < -0.39 is 0 Å². The Morgan fingerprint density at radius 3 is 2.09 bits per heavy atom.